The van der Waals surface area contributed by atoms with Crippen molar-refractivity contribution in [3.63, 3.8) is 0 Å². The van der Waals surface area contributed by atoms with Crippen LogP contribution in [-0.4, -0.2) is 19.9 Å². The van der Waals surface area contributed by atoms with Gasteiger partial charge in [-0.25, -0.2) is 0 Å². The second kappa shape index (κ2) is 6.12. The summed E-state index contributed by atoms with van der Waals surface area (Å²) >= 11 is 0. The third kappa shape index (κ3) is 3.46. The molecular weight excluding hydrogens is 345 g/mol. The molecule has 1 unspecified atom stereocenters. The Morgan fingerprint density at radius 2 is 1.77 bits per heavy atom. The average molecular weight is 366 g/mol. The van der Waals surface area contributed by atoms with Gasteiger partial charge in [0.15, 0.2) is 6.23 Å². The van der Waals surface area contributed by atoms with Gasteiger partial charge in [-0.2, -0.15) is 22.8 Å². The van der Waals surface area contributed by atoms with E-state index in [4.69, 9.17) is 0 Å². The van der Waals surface area contributed by atoms with Crippen LogP contribution in [-0.2, 0) is 18.0 Å². The first-order valence-electron chi connectivity index (χ1n) is 8.24. The number of alkyl halides is 3. The lowest BCUT2D eigenvalue weighted by Gasteiger charge is -2.25. The highest BCUT2D eigenvalue weighted by Gasteiger charge is 2.39. The molecule has 0 saturated carbocycles. The summed E-state index contributed by atoms with van der Waals surface area (Å²) in [5.74, 6) is -1.39. The van der Waals surface area contributed by atoms with Crippen LogP contribution in [0.2, 0.25) is 0 Å². The highest BCUT2D eigenvalue weighted by molar-refractivity contribution is 5.44. The molecule has 5 nitrogen and oxygen atoms in total. The smallest absolute Gasteiger partial charge is 0.368 e. The van der Waals surface area contributed by atoms with Crippen molar-refractivity contribution in [2.24, 2.45) is 0 Å². The molecule has 2 N–H and O–H groups in total. The molecule has 0 bridgehead atoms. The van der Waals surface area contributed by atoms with Crippen LogP contribution in [0.1, 0.15) is 50.9 Å². The zero-order valence-corrected chi connectivity index (χ0v) is 15.0. The van der Waals surface area contributed by atoms with Gasteiger partial charge >= 0.3 is 6.18 Å². The Hall–Kier alpha value is -2.35. The minimum atomic E-state index is -4.66. The highest BCUT2D eigenvalue weighted by atomic mass is 19.4. The van der Waals surface area contributed by atoms with E-state index in [1.807, 2.05) is 24.3 Å². The van der Waals surface area contributed by atoms with E-state index in [9.17, 15) is 18.3 Å². The van der Waals surface area contributed by atoms with Crippen molar-refractivity contribution >= 4 is 5.95 Å². The maximum atomic E-state index is 12.8. The summed E-state index contributed by atoms with van der Waals surface area (Å²) in [7, 11) is 0. The summed E-state index contributed by atoms with van der Waals surface area (Å²) in [6, 6.07) is 7.98. The van der Waals surface area contributed by atoms with E-state index in [0.29, 0.717) is 17.7 Å². The van der Waals surface area contributed by atoms with Crippen LogP contribution in [0.5, 0.6) is 0 Å². The first kappa shape index (κ1) is 18.4. The molecule has 0 aliphatic carbocycles. The lowest BCUT2D eigenvalue weighted by molar-refractivity contribution is -0.145. The van der Waals surface area contributed by atoms with Gasteiger partial charge in [-0.05, 0) is 29.9 Å². The molecule has 1 atom stereocenters. The van der Waals surface area contributed by atoms with E-state index in [1.165, 1.54) is 5.56 Å². The second-order valence-corrected chi connectivity index (χ2v) is 7.47. The van der Waals surface area contributed by atoms with Crippen molar-refractivity contribution in [3.8, 4) is 0 Å². The van der Waals surface area contributed by atoms with E-state index in [0.717, 1.165) is 10.2 Å². The number of hydrogen-bond acceptors (Lipinski definition) is 4. The van der Waals surface area contributed by atoms with Gasteiger partial charge in [-0.1, -0.05) is 45.0 Å². The van der Waals surface area contributed by atoms with Crippen LogP contribution in [0, 0.1) is 0 Å². The van der Waals surface area contributed by atoms with Crippen LogP contribution in [0.15, 0.2) is 35.5 Å². The number of allylic oxidation sites excluding steroid dienone is 1. The van der Waals surface area contributed by atoms with E-state index < -0.39 is 18.2 Å². The van der Waals surface area contributed by atoms with Crippen molar-refractivity contribution in [1.82, 2.24) is 14.8 Å². The van der Waals surface area contributed by atoms with E-state index in [2.05, 4.69) is 36.2 Å². The van der Waals surface area contributed by atoms with Gasteiger partial charge in [-0.15, -0.1) is 5.10 Å². The molecule has 0 fully saturated rings. The molecule has 2 aromatic rings. The molecule has 8 heteroatoms. The standard InChI is InChI=1S/C18H21F3N4O/c1-10-13(9-11-5-7-12(8-6-11)17(2,3)4)14(26)25-16(22-10)23-15(24-25)18(19,20)21/h5-8,14,26H,9H2,1-4H3,(H,22,23,24). The molecule has 1 aliphatic rings. The Morgan fingerprint density at radius 3 is 2.31 bits per heavy atom. The minimum Gasteiger partial charge on any atom is -0.368 e. The number of aliphatic hydroxyl groups is 1. The molecule has 3 rings (SSSR count). The lowest BCUT2D eigenvalue weighted by atomic mass is 9.86. The predicted octanol–water partition coefficient (Wildman–Crippen LogP) is 4.03. The van der Waals surface area contributed by atoms with E-state index >= 15 is 0 Å². The number of rotatable bonds is 2. The average Bonchev–Trinajstić information content (AvgIpc) is 2.95. The van der Waals surface area contributed by atoms with Gasteiger partial charge in [0.05, 0.1) is 0 Å². The first-order valence-corrected chi connectivity index (χ1v) is 8.24. The molecule has 0 amide bonds. The molecule has 1 aromatic carbocycles. The number of aromatic nitrogens is 3. The third-order valence-electron chi connectivity index (χ3n) is 4.42. The summed E-state index contributed by atoms with van der Waals surface area (Å²) < 4.78 is 39.3. The van der Waals surface area contributed by atoms with Gasteiger partial charge in [0.25, 0.3) is 5.82 Å². The fourth-order valence-electron chi connectivity index (χ4n) is 2.85. The Kier molecular flexibility index (Phi) is 4.34. The van der Waals surface area contributed by atoms with E-state index in [-0.39, 0.29) is 11.4 Å². The van der Waals surface area contributed by atoms with Crippen molar-refractivity contribution in [2.75, 3.05) is 5.32 Å². The van der Waals surface area contributed by atoms with Crippen LogP contribution < -0.4 is 5.32 Å². The maximum Gasteiger partial charge on any atom is 0.453 e. The second-order valence-electron chi connectivity index (χ2n) is 7.47. The van der Waals surface area contributed by atoms with Crippen LogP contribution in [0.25, 0.3) is 0 Å². The Bertz CT molecular complexity index is 845. The van der Waals surface area contributed by atoms with Gasteiger partial charge in [-0.3, -0.25) is 0 Å². The van der Waals surface area contributed by atoms with Crippen LogP contribution >= 0.6 is 0 Å². The monoisotopic (exact) mass is 366 g/mol. The van der Waals surface area contributed by atoms with Gasteiger partial charge in [0.2, 0.25) is 5.95 Å². The third-order valence-corrected chi connectivity index (χ3v) is 4.42. The molecule has 140 valence electrons. The molecular formula is C18H21F3N4O. The van der Waals surface area contributed by atoms with Crippen LogP contribution in [0.3, 0.4) is 0 Å². The molecule has 1 aromatic heterocycles. The molecule has 0 saturated heterocycles. The van der Waals surface area contributed by atoms with E-state index in [1.54, 1.807) is 6.92 Å². The van der Waals surface area contributed by atoms with Gasteiger partial charge < -0.3 is 10.4 Å². The molecule has 1 aliphatic heterocycles. The van der Waals surface area contributed by atoms with Gasteiger partial charge in [0.1, 0.15) is 0 Å². The quantitative estimate of drug-likeness (QED) is 0.842. The van der Waals surface area contributed by atoms with Crippen molar-refractivity contribution in [3.05, 3.63) is 52.5 Å². The molecule has 2 heterocycles. The number of halogens is 3. The molecule has 0 radical (unpaired) electrons. The number of nitrogens with one attached hydrogen (secondary N) is 1. The Labute approximate surface area is 149 Å². The van der Waals surface area contributed by atoms with Crippen molar-refractivity contribution < 1.29 is 18.3 Å². The summed E-state index contributed by atoms with van der Waals surface area (Å²) in [6.45, 7) is 8.06. The Morgan fingerprint density at radius 1 is 1.15 bits per heavy atom. The summed E-state index contributed by atoms with van der Waals surface area (Å²) in [5.41, 5.74) is 3.30. The minimum absolute atomic E-state index is 0.0310. The summed E-state index contributed by atoms with van der Waals surface area (Å²) in [5, 5.41) is 16.7. The fraction of sp³-hybridized carbons (Fsp3) is 0.444. The largest absolute Gasteiger partial charge is 0.453 e. The highest BCUT2D eigenvalue weighted by Crippen LogP contribution is 2.34. The number of benzene rings is 1. The number of fused-ring (bicyclic) bond motifs is 1. The van der Waals surface area contributed by atoms with Crippen molar-refractivity contribution in [2.45, 2.75) is 51.9 Å². The fourth-order valence-corrected chi connectivity index (χ4v) is 2.85. The van der Waals surface area contributed by atoms with Crippen LogP contribution in [0.4, 0.5) is 19.1 Å². The molecule has 26 heavy (non-hydrogen) atoms. The van der Waals surface area contributed by atoms with Gasteiger partial charge in [0, 0.05) is 11.3 Å². The predicted molar refractivity (Wildman–Crippen MR) is 91.4 cm³/mol. The lowest BCUT2D eigenvalue weighted by Crippen LogP contribution is -2.24. The Balaban J connectivity index is 1.85. The first-order chi connectivity index (χ1) is 12.0. The zero-order valence-electron chi connectivity index (χ0n) is 15.0. The normalized spacial score (nSPS) is 17.9. The topological polar surface area (TPSA) is 63.0 Å². The SMILES string of the molecule is CC1=C(Cc2ccc(C(C)(C)C)cc2)C(O)n2nc(C(F)(F)F)nc2N1. The van der Waals surface area contributed by atoms with Crippen molar-refractivity contribution in [1.29, 1.82) is 0 Å². The zero-order chi connectivity index (χ0) is 19.3. The summed E-state index contributed by atoms with van der Waals surface area (Å²) in [4.78, 5) is 3.42. The summed E-state index contributed by atoms with van der Waals surface area (Å²) in [6.07, 6.45) is -5.56. The molecule has 0 spiro atoms. The number of aliphatic hydroxyl groups excluding tert-OH is 1. The number of hydrogen-bond donors (Lipinski definition) is 2. The number of nitrogens with zero attached hydrogens (tertiary/aromatic N) is 3. The maximum absolute atomic E-state index is 12.8. The number of anilines is 1.